The van der Waals surface area contributed by atoms with Gasteiger partial charge in [0.25, 0.3) is 5.91 Å². The molecule has 0 bridgehead atoms. The summed E-state index contributed by atoms with van der Waals surface area (Å²) in [5.41, 5.74) is 0.0983. The van der Waals surface area contributed by atoms with Crippen molar-refractivity contribution in [3.05, 3.63) is 23.7 Å². The van der Waals surface area contributed by atoms with Crippen LogP contribution in [0.15, 0.2) is 16.7 Å². The van der Waals surface area contributed by atoms with E-state index in [1.807, 2.05) is 6.92 Å². The van der Waals surface area contributed by atoms with Crippen molar-refractivity contribution in [2.75, 3.05) is 13.1 Å². The third kappa shape index (κ3) is 2.12. The van der Waals surface area contributed by atoms with Gasteiger partial charge in [-0.15, -0.1) is 0 Å². The highest BCUT2D eigenvalue weighted by molar-refractivity contribution is 5.93. The summed E-state index contributed by atoms with van der Waals surface area (Å²) in [5.74, 6) is -0.581. The number of carboxylic acids is 1. The number of carbonyl (C=O) groups excluding carboxylic acids is 1. The van der Waals surface area contributed by atoms with Crippen molar-refractivity contribution in [2.24, 2.45) is 5.41 Å². The molecule has 0 aliphatic carbocycles. The van der Waals surface area contributed by atoms with E-state index >= 15 is 0 Å². The second-order valence-electron chi connectivity index (χ2n) is 5.09. The predicted octanol–water partition coefficient (Wildman–Crippen LogP) is 1.91. The summed E-state index contributed by atoms with van der Waals surface area (Å²) in [6, 6.07) is 1.75. The number of hydrogen-bond acceptors (Lipinski definition) is 3. The molecule has 5 heteroatoms. The van der Waals surface area contributed by atoms with Crippen LogP contribution in [-0.4, -0.2) is 35.0 Å². The number of hydrogen-bond donors (Lipinski definition) is 1. The van der Waals surface area contributed by atoms with E-state index in [1.54, 1.807) is 17.9 Å². The minimum atomic E-state index is -0.788. The first kappa shape index (κ1) is 12.7. The maximum atomic E-state index is 12.1. The van der Waals surface area contributed by atoms with E-state index in [0.717, 1.165) is 5.56 Å². The zero-order valence-corrected chi connectivity index (χ0v) is 10.6. The molecule has 1 aliphatic heterocycles. The van der Waals surface area contributed by atoms with Gasteiger partial charge in [0.1, 0.15) is 0 Å². The summed E-state index contributed by atoms with van der Waals surface area (Å²) in [6.45, 7) is 4.47. The molecular weight excluding hydrogens is 234 g/mol. The van der Waals surface area contributed by atoms with E-state index in [0.29, 0.717) is 31.7 Å². The first-order valence-electron chi connectivity index (χ1n) is 6.01. The van der Waals surface area contributed by atoms with Crippen LogP contribution in [0.2, 0.25) is 0 Å². The Bertz CT molecular complexity index is 469. The monoisotopic (exact) mass is 251 g/mol. The van der Waals surface area contributed by atoms with E-state index in [4.69, 9.17) is 9.52 Å². The van der Waals surface area contributed by atoms with Gasteiger partial charge >= 0.3 is 5.97 Å². The van der Waals surface area contributed by atoms with Gasteiger partial charge in [-0.25, -0.2) is 0 Å². The van der Waals surface area contributed by atoms with E-state index in [1.165, 1.54) is 6.26 Å². The molecule has 2 heterocycles. The van der Waals surface area contributed by atoms with Crippen molar-refractivity contribution < 1.29 is 19.1 Å². The molecule has 0 saturated carbocycles. The van der Waals surface area contributed by atoms with Gasteiger partial charge in [-0.3, -0.25) is 9.59 Å². The molecule has 1 amide bonds. The largest absolute Gasteiger partial charge is 0.481 e. The van der Waals surface area contributed by atoms with E-state index in [-0.39, 0.29) is 5.91 Å². The number of carboxylic acid groups (broad SMARTS) is 1. The van der Waals surface area contributed by atoms with Crippen molar-refractivity contribution in [3.63, 3.8) is 0 Å². The van der Waals surface area contributed by atoms with Crippen LogP contribution in [0.3, 0.4) is 0 Å². The molecule has 0 unspecified atom stereocenters. The van der Waals surface area contributed by atoms with Crippen molar-refractivity contribution in [3.8, 4) is 0 Å². The molecule has 1 saturated heterocycles. The Balaban J connectivity index is 2.05. The van der Waals surface area contributed by atoms with Crippen molar-refractivity contribution in [1.82, 2.24) is 4.90 Å². The minimum absolute atomic E-state index is 0.148. The van der Waals surface area contributed by atoms with Crippen LogP contribution in [0.25, 0.3) is 0 Å². The van der Waals surface area contributed by atoms with Crippen LogP contribution in [0.1, 0.15) is 35.9 Å². The first-order valence-corrected chi connectivity index (χ1v) is 6.01. The normalized spacial score (nSPS) is 18.7. The van der Waals surface area contributed by atoms with Crippen LogP contribution < -0.4 is 0 Å². The Hall–Kier alpha value is -1.78. The van der Waals surface area contributed by atoms with Gasteiger partial charge in [-0.05, 0) is 32.8 Å². The second kappa shape index (κ2) is 4.48. The van der Waals surface area contributed by atoms with Crippen LogP contribution in [0.5, 0.6) is 0 Å². The lowest BCUT2D eigenvalue weighted by molar-refractivity contribution is -0.150. The molecule has 0 atom stereocenters. The van der Waals surface area contributed by atoms with Crippen LogP contribution in [0, 0.1) is 12.3 Å². The number of furan rings is 1. The molecule has 1 aromatic heterocycles. The SMILES string of the molecule is Cc1ccoc1C(=O)N1CCC(C)(C(=O)O)CC1. The van der Waals surface area contributed by atoms with Crippen LogP contribution in [-0.2, 0) is 4.79 Å². The fraction of sp³-hybridized carbons (Fsp3) is 0.538. The zero-order valence-electron chi connectivity index (χ0n) is 10.6. The van der Waals surface area contributed by atoms with Gasteiger partial charge in [-0.1, -0.05) is 0 Å². The number of rotatable bonds is 2. The average Bonchev–Trinajstić information content (AvgIpc) is 2.75. The van der Waals surface area contributed by atoms with Gasteiger partial charge in [0, 0.05) is 18.7 Å². The summed E-state index contributed by atoms with van der Waals surface area (Å²) in [4.78, 5) is 24.9. The average molecular weight is 251 g/mol. The summed E-state index contributed by atoms with van der Waals surface area (Å²) in [7, 11) is 0. The minimum Gasteiger partial charge on any atom is -0.481 e. The van der Waals surface area contributed by atoms with Gasteiger partial charge in [-0.2, -0.15) is 0 Å². The van der Waals surface area contributed by atoms with Gasteiger partial charge in [0.05, 0.1) is 11.7 Å². The molecule has 2 rings (SSSR count). The molecule has 1 aromatic rings. The molecule has 98 valence electrons. The van der Waals surface area contributed by atoms with Crippen LogP contribution in [0.4, 0.5) is 0 Å². The zero-order chi connectivity index (χ0) is 13.3. The standard InChI is InChI=1S/C13H17NO4/c1-9-3-8-18-10(9)11(15)14-6-4-13(2,5-7-14)12(16)17/h3,8H,4-7H2,1-2H3,(H,16,17). The predicted molar refractivity (Wildman–Crippen MR) is 64.3 cm³/mol. The van der Waals surface area contributed by atoms with Crippen molar-refractivity contribution in [2.45, 2.75) is 26.7 Å². The molecule has 0 radical (unpaired) electrons. The molecule has 1 N–H and O–H groups in total. The molecule has 18 heavy (non-hydrogen) atoms. The molecule has 0 aromatic carbocycles. The Morgan fingerprint density at radius 1 is 1.39 bits per heavy atom. The van der Waals surface area contributed by atoms with E-state index < -0.39 is 11.4 Å². The van der Waals surface area contributed by atoms with Crippen molar-refractivity contribution in [1.29, 1.82) is 0 Å². The summed E-state index contributed by atoms with van der Waals surface area (Å²) in [5, 5.41) is 9.13. The molecule has 0 spiro atoms. The Morgan fingerprint density at radius 2 is 2.00 bits per heavy atom. The molecule has 1 fully saturated rings. The fourth-order valence-corrected chi connectivity index (χ4v) is 2.15. The van der Waals surface area contributed by atoms with Crippen molar-refractivity contribution >= 4 is 11.9 Å². The molecule has 1 aliphatic rings. The smallest absolute Gasteiger partial charge is 0.309 e. The number of likely N-dealkylation sites (tertiary alicyclic amines) is 1. The highest BCUT2D eigenvalue weighted by atomic mass is 16.4. The lowest BCUT2D eigenvalue weighted by atomic mass is 9.80. The summed E-state index contributed by atoms with van der Waals surface area (Å²) >= 11 is 0. The Kier molecular flexibility index (Phi) is 3.15. The quantitative estimate of drug-likeness (QED) is 0.871. The second-order valence-corrected chi connectivity index (χ2v) is 5.09. The maximum Gasteiger partial charge on any atom is 0.309 e. The third-order valence-corrected chi connectivity index (χ3v) is 3.73. The third-order valence-electron chi connectivity index (χ3n) is 3.73. The highest BCUT2D eigenvalue weighted by Crippen LogP contribution is 2.31. The maximum absolute atomic E-state index is 12.1. The first-order chi connectivity index (χ1) is 8.44. The summed E-state index contributed by atoms with van der Waals surface area (Å²) < 4.78 is 5.17. The lowest BCUT2D eigenvalue weighted by Crippen LogP contribution is -2.45. The van der Waals surface area contributed by atoms with Gasteiger partial charge in [0.15, 0.2) is 5.76 Å². The van der Waals surface area contributed by atoms with E-state index in [2.05, 4.69) is 0 Å². The topological polar surface area (TPSA) is 70.8 Å². The fourth-order valence-electron chi connectivity index (χ4n) is 2.15. The molecular formula is C13H17NO4. The Labute approximate surface area is 105 Å². The Morgan fingerprint density at radius 3 is 2.44 bits per heavy atom. The number of carbonyl (C=O) groups is 2. The number of aryl methyl sites for hydroxylation is 1. The van der Waals surface area contributed by atoms with Crippen LogP contribution >= 0.6 is 0 Å². The number of amides is 1. The number of piperidine rings is 1. The summed E-state index contributed by atoms with van der Waals surface area (Å²) in [6.07, 6.45) is 2.45. The highest BCUT2D eigenvalue weighted by Gasteiger charge is 2.38. The van der Waals surface area contributed by atoms with Gasteiger partial charge < -0.3 is 14.4 Å². The van der Waals surface area contributed by atoms with E-state index in [9.17, 15) is 9.59 Å². The van der Waals surface area contributed by atoms with Gasteiger partial charge in [0.2, 0.25) is 0 Å². The number of aliphatic carboxylic acids is 1. The molecule has 5 nitrogen and oxygen atoms in total. The lowest BCUT2D eigenvalue weighted by Gasteiger charge is -2.36. The number of nitrogens with zero attached hydrogens (tertiary/aromatic N) is 1.